The summed E-state index contributed by atoms with van der Waals surface area (Å²) in [6.07, 6.45) is 1.07. The number of rotatable bonds is 5. The minimum absolute atomic E-state index is 0.00370. The maximum atomic E-state index is 14.2. The molecule has 1 atom stereocenters. The van der Waals surface area contributed by atoms with Gasteiger partial charge in [0.05, 0.1) is 25.5 Å². The number of fused-ring (bicyclic) bond motifs is 1. The Hall–Kier alpha value is -1.70. The van der Waals surface area contributed by atoms with Crippen LogP contribution in [0.3, 0.4) is 0 Å². The van der Waals surface area contributed by atoms with Crippen molar-refractivity contribution in [3.05, 3.63) is 29.5 Å². The van der Waals surface area contributed by atoms with E-state index < -0.39 is 17.9 Å². The molecule has 1 aliphatic heterocycles. The van der Waals surface area contributed by atoms with Gasteiger partial charge in [0, 0.05) is 17.0 Å². The summed E-state index contributed by atoms with van der Waals surface area (Å²) in [5.41, 5.74) is 0.326. The fraction of sp³-hybridized carbons (Fsp3) is 0.467. The van der Waals surface area contributed by atoms with Crippen molar-refractivity contribution in [2.75, 3.05) is 25.1 Å². The lowest BCUT2D eigenvalue weighted by molar-refractivity contribution is -0.0467. The average Bonchev–Trinajstić information content (AvgIpc) is 3.18. The van der Waals surface area contributed by atoms with Crippen LogP contribution in [0, 0.1) is 11.6 Å². The van der Waals surface area contributed by atoms with Crippen LogP contribution in [0.4, 0.5) is 14.5 Å². The molecule has 0 aliphatic carbocycles. The lowest BCUT2D eigenvalue weighted by atomic mass is 10.1. The van der Waals surface area contributed by atoms with E-state index in [0.717, 1.165) is 0 Å². The van der Waals surface area contributed by atoms with Gasteiger partial charge in [0.15, 0.2) is 17.7 Å². The maximum absolute atomic E-state index is 14.2. The Morgan fingerprint density at radius 3 is 2.68 bits per heavy atom. The molecule has 2 heterocycles. The van der Waals surface area contributed by atoms with Crippen LogP contribution in [0.25, 0.3) is 11.0 Å². The smallest absolute Gasteiger partial charge is 0.202 e. The number of nitrogens with one attached hydrogen (secondary N) is 1. The first-order chi connectivity index (χ1) is 10.7. The quantitative estimate of drug-likeness (QED) is 0.888. The summed E-state index contributed by atoms with van der Waals surface area (Å²) < 4.78 is 43.9. The fourth-order valence-electron chi connectivity index (χ4n) is 2.44. The van der Waals surface area contributed by atoms with Crippen molar-refractivity contribution >= 4 is 16.7 Å². The summed E-state index contributed by atoms with van der Waals surface area (Å²) in [5.74, 6) is -2.11. The van der Waals surface area contributed by atoms with E-state index in [4.69, 9.17) is 13.9 Å². The van der Waals surface area contributed by atoms with E-state index >= 15 is 0 Å². The molecule has 0 unspecified atom stereocenters. The van der Waals surface area contributed by atoms with Crippen molar-refractivity contribution in [1.29, 1.82) is 0 Å². The number of anilines is 1. The van der Waals surface area contributed by atoms with Gasteiger partial charge in [0.1, 0.15) is 6.26 Å². The van der Waals surface area contributed by atoms with E-state index in [1.807, 2.05) is 6.92 Å². The SMILES string of the molecule is CC[C@H](CO)Nc1coc2c(F)c(F)c(C3OCCO3)cc12. The zero-order chi connectivity index (χ0) is 15.7. The van der Waals surface area contributed by atoms with Crippen molar-refractivity contribution in [1.82, 2.24) is 0 Å². The molecule has 1 aromatic heterocycles. The summed E-state index contributed by atoms with van der Waals surface area (Å²) in [6, 6.07) is 1.26. The Bertz CT molecular complexity index is 663. The number of benzene rings is 1. The predicted molar refractivity (Wildman–Crippen MR) is 75.6 cm³/mol. The molecule has 5 nitrogen and oxygen atoms in total. The van der Waals surface area contributed by atoms with E-state index in [1.165, 1.54) is 12.3 Å². The predicted octanol–water partition coefficient (Wildman–Crippen LogP) is 2.94. The molecule has 7 heteroatoms. The Kier molecular flexibility index (Phi) is 4.28. The third kappa shape index (κ3) is 2.55. The number of aliphatic hydroxyl groups excluding tert-OH is 1. The second-order valence-electron chi connectivity index (χ2n) is 5.13. The van der Waals surface area contributed by atoms with E-state index in [1.54, 1.807) is 0 Å². The van der Waals surface area contributed by atoms with Crippen LogP contribution in [-0.2, 0) is 9.47 Å². The van der Waals surface area contributed by atoms with Crippen LogP contribution in [0.5, 0.6) is 0 Å². The Balaban J connectivity index is 2.05. The zero-order valence-corrected chi connectivity index (χ0v) is 12.1. The zero-order valence-electron chi connectivity index (χ0n) is 12.1. The number of ether oxygens (including phenoxy) is 2. The van der Waals surface area contributed by atoms with Crippen molar-refractivity contribution in [2.45, 2.75) is 25.7 Å². The summed E-state index contributed by atoms with van der Waals surface area (Å²) >= 11 is 0. The molecule has 1 aliphatic rings. The van der Waals surface area contributed by atoms with E-state index in [-0.39, 0.29) is 23.8 Å². The number of hydrogen-bond donors (Lipinski definition) is 2. The van der Waals surface area contributed by atoms with Gasteiger partial charge in [-0.25, -0.2) is 4.39 Å². The van der Waals surface area contributed by atoms with E-state index in [2.05, 4.69) is 5.32 Å². The molecule has 2 N–H and O–H groups in total. The lowest BCUT2D eigenvalue weighted by Gasteiger charge is -2.15. The van der Waals surface area contributed by atoms with Crippen molar-refractivity contribution in [3.8, 4) is 0 Å². The molecule has 3 rings (SSSR count). The van der Waals surface area contributed by atoms with Crippen LogP contribution >= 0.6 is 0 Å². The summed E-state index contributed by atoms with van der Waals surface area (Å²) in [7, 11) is 0. The van der Waals surface area contributed by atoms with Crippen molar-refractivity contribution in [2.24, 2.45) is 0 Å². The molecule has 2 aromatic rings. The van der Waals surface area contributed by atoms with Gasteiger partial charge >= 0.3 is 0 Å². The van der Waals surface area contributed by atoms with Crippen LogP contribution < -0.4 is 5.32 Å². The van der Waals surface area contributed by atoms with Gasteiger partial charge in [-0.2, -0.15) is 4.39 Å². The first-order valence-corrected chi connectivity index (χ1v) is 7.15. The normalized spacial score (nSPS) is 17.3. The number of aliphatic hydroxyl groups is 1. The second kappa shape index (κ2) is 6.20. The van der Waals surface area contributed by atoms with Gasteiger partial charge in [-0.05, 0) is 12.5 Å². The van der Waals surface area contributed by atoms with Crippen LogP contribution in [0.15, 0.2) is 16.7 Å². The third-order valence-corrected chi connectivity index (χ3v) is 3.72. The molecule has 0 radical (unpaired) electrons. The fourth-order valence-corrected chi connectivity index (χ4v) is 2.44. The van der Waals surface area contributed by atoms with Gasteiger partial charge in [0.25, 0.3) is 0 Å². The molecule has 0 saturated carbocycles. The average molecular weight is 313 g/mol. The van der Waals surface area contributed by atoms with Gasteiger partial charge in [-0.15, -0.1) is 0 Å². The molecule has 1 fully saturated rings. The number of halogens is 2. The van der Waals surface area contributed by atoms with Gasteiger partial charge in [-0.3, -0.25) is 0 Å². The molecule has 22 heavy (non-hydrogen) atoms. The number of furan rings is 1. The van der Waals surface area contributed by atoms with E-state index in [9.17, 15) is 13.9 Å². The summed E-state index contributed by atoms with van der Waals surface area (Å²) in [4.78, 5) is 0. The highest BCUT2D eigenvalue weighted by molar-refractivity contribution is 5.91. The number of hydrogen-bond acceptors (Lipinski definition) is 5. The maximum Gasteiger partial charge on any atom is 0.202 e. The molecule has 1 aromatic carbocycles. The standard InChI is InChI=1S/C15H17F2NO4/c1-2-8(6-19)18-11-7-22-14-9(11)5-10(12(16)13(14)17)15-20-3-4-21-15/h5,7-8,15,18-19H,2-4,6H2,1H3/t8-/m1/s1. The van der Waals surface area contributed by atoms with Gasteiger partial charge < -0.3 is 24.3 Å². The molecule has 0 spiro atoms. The molecular weight excluding hydrogens is 296 g/mol. The van der Waals surface area contributed by atoms with Crippen LogP contribution in [-0.4, -0.2) is 31.0 Å². The van der Waals surface area contributed by atoms with Crippen LogP contribution in [0.1, 0.15) is 25.2 Å². The Labute approximate surface area is 125 Å². The first kappa shape index (κ1) is 15.2. The van der Waals surface area contributed by atoms with E-state index in [0.29, 0.717) is 30.7 Å². The van der Waals surface area contributed by atoms with Gasteiger partial charge in [-0.1, -0.05) is 6.92 Å². The molecule has 120 valence electrons. The largest absolute Gasteiger partial charge is 0.459 e. The van der Waals surface area contributed by atoms with Crippen LogP contribution in [0.2, 0.25) is 0 Å². The Morgan fingerprint density at radius 1 is 1.32 bits per heavy atom. The Morgan fingerprint density at radius 2 is 2.05 bits per heavy atom. The minimum atomic E-state index is -1.07. The highest BCUT2D eigenvalue weighted by atomic mass is 19.2. The monoisotopic (exact) mass is 313 g/mol. The highest BCUT2D eigenvalue weighted by Gasteiger charge is 2.27. The summed E-state index contributed by atoms with van der Waals surface area (Å²) in [5, 5.41) is 12.7. The highest BCUT2D eigenvalue weighted by Crippen LogP contribution is 2.36. The topological polar surface area (TPSA) is 63.9 Å². The lowest BCUT2D eigenvalue weighted by Crippen LogP contribution is -2.22. The first-order valence-electron chi connectivity index (χ1n) is 7.15. The second-order valence-corrected chi connectivity index (χ2v) is 5.13. The molecule has 0 bridgehead atoms. The minimum Gasteiger partial charge on any atom is -0.459 e. The van der Waals surface area contributed by atoms with Crippen molar-refractivity contribution in [3.63, 3.8) is 0 Å². The van der Waals surface area contributed by atoms with Gasteiger partial charge in [0.2, 0.25) is 5.82 Å². The molecular formula is C15H17F2NO4. The third-order valence-electron chi connectivity index (χ3n) is 3.72. The van der Waals surface area contributed by atoms with Crippen molar-refractivity contribution < 1.29 is 27.8 Å². The summed E-state index contributed by atoms with van der Waals surface area (Å²) in [6.45, 7) is 2.50. The molecule has 0 amide bonds. The molecule has 1 saturated heterocycles.